The first kappa shape index (κ1) is 11.5. The zero-order valence-electron chi connectivity index (χ0n) is 10.9. The molecule has 0 unspecified atom stereocenters. The van der Waals surface area contributed by atoms with Gasteiger partial charge in [-0.2, -0.15) is 0 Å². The molecule has 3 rings (SSSR count). The molecule has 0 saturated carbocycles. The van der Waals surface area contributed by atoms with Crippen LogP contribution in [0.4, 0.5) is 5.95 Å². The minimum Gasteiger partial charge on any atom is -0.381 e. The number of rotatable bonds is 1. The summed E-state index contributed by atoms with van der Waals surface area (Å²) in [7, 11) is 0. The molecule has 0 bridgehead atoms. The van der Waals surface area contributed by atoms with Gasteiger partial charge in [0.25, 0.3) is 0 Å². The number of ether oxygens (including phenoxy) is 1. The van der Waals surface area contributed by atoms with Crippen molar-refractivity contribution in [2.45, 2.75) is 32.2 Å². The zero-order valence-corrected chi connectivity index (χ0v) is 10.9. The monoisotopic (exact) mass is 245 g/mol. The minimum absolute atomic E-state index is 0.0187. The number of nitrogens with two attached hydrogens (primary N) is 1. The van der Waals surface area contributed by atoms with E-state index in [1.165, 1.54) is 5.56 Å². The number of fused-ring (bicyclic) bond motifs is 1. The summed E-state index contributed by atoms with van der Waals surface area (Å²) in [5.74, 6) is 0.615. The maximum atomic E-state index is 6.15. The SMILES string of the molecule is Cc1cccc2c1nc(N)n2C1(C)CCOCC1. The Morgan fingerprint density at radius 1 is 1.33 bits per heavy atom. The van der Waals surface area contributed by atoms with E-state index in [0.29, 0.717) is 5.95 Å². The van der Waals surface area contributed by atoms with Crippen molar-refractivity contribution in [3.63, 3.8) is 0 Å². The van der Waals surface area contributed by atoms with Crippen LogP contribution in [0.5, 0.6) is 0 Å². The standard InChI is InChI=1S/C14H19N3O/c1-10-4-3-5-11-12(10)16-13(15)17(11)14(2)6-8-18-9-7-14/h3-5H,6-9H2,1-2H3,(H2,15,16). The molecule has 2 heterocycles. The van der Waals surface area contributed by atoms with E-state index in [0.717, 1.165) is 37.1 Å². The molecular weight excluding hydrogens is 226 g/mol. The number of imidazole rings is 1. The van der Waals surface area contributed by atoms with Gasteiger partial charge in [0.2, 0.25) is 5.95 Å². The number of aromatic nitrogens is 2. The van der Waals surface area contributed by atoms with E-state index in [4.69, 9.17) is 10.5 Å². The highest BCUT2D eigenvalue weighted by Crippen LogP contribution is 2.35. The number of aryl methyl sites for hydroxylation is 1. The second-order valence-corrected chi connectivity index (χ2v) is 5.36. The Kier molecular flexibility index (Phi) is 2.55. The Hall–Kier alpha value is -1.55. The molecule has 0 atom stereocenters. The van der Waals surface area contributed by atoms with Crippen molar-refractivity contribution in [2.75, 3.05) is 18.9 Å². The Bertz CT molecular complexity index is 582. The van der Waals surface area contributed by atoms with Crippen LogP contribution >= 0.6 is 0 Å². The van der Waals surface area contributed by atoms with E-state index in [9.17, 15) is 0 Å². The van der Waals surface area contributed by atoms with Crippen LogP contribution in [0.15, 0.2) is 18.2 Å². The molecule has 4 heteroatoms. The van der Waals surface area contributed by atoms with Gasteiger partial charge < -0.3 is 15.0 Å². The van der Waals surface area contributed by atoms with Gasteiger partial charge in [0.15, 0.2) is 0 Å². The molecule has 96 valence electrons. The van der Waals surface area contributed by atoms with Gasteiger partial charge in [0.1, 0.15) is 0 Å². The van der Waals surface area contributed by atoms with Gasteiger partial charge in [-0.3, -0.25) is 0 Å². The Morgan fingerprint density at radius 2 is 2.06 bits per heavy atom. The predicted molar refractivity (Wildman–Crippen MR) is 72.6 cm³/mol. The van der Waals surface area contributed by atoms with E-state index >= 15 is 0 Å². The molecule has 1 aliphatic heterocycles. The smallest absolute Gasteiger partial charge is 0.201 e. The second kappa shape index (κ2) is 3.99. The van der Waals surface area contributed by atoms with Crippen LogP contribution < -0.4 is 5.73 Å². The van der Waals surface area contributed by atoms with E-state index in [-0.39, 0.29) is 5.54 Å². The number of hydrogen-bond donors (Lipinski definition) is 1. The van der Waals surface area contributed by atoms with Gasteiger partial charge in [0, 0.05) is 18.8 Å². The Balaban J connectivity index is 2.22. The average Bonchev–Trinajstić information content (AvgIpc) is 2.68. The molecule has 18 heavy (non-hydrogen) atoms. The van der Waals surface area contributed by atoms with Crippen LogP contribution in [0.3, 0.4) is 0 Å². The minimum atomic E-state index is 0.0187. The first-order valence-electron chi connectivity index (χ1n) is 6.44. The fraction of sp³-hybridized carbons (Fsp3) is 0.500. The zero-order chi connectivity index (χ0) is 12.8. The molecule has 4 nitrogen and oxygen atoms in total. The molecule has 2 aromatic rings. The molecule has 0 amide bonds. The summed E-state index contributed by atoms with van der Waals surface area (Å²) >= 11 is 0. The summed E-state index contributed by atoms with van der Waals surface area (Å²) in [6.45, 7) is 5.91. The fourth-order valence-electron chi connectivity index (χ4n) is 2.86. The lowest BCUT2D eigenvalue weighted by molar-refractivity contribution is 0.0320. The van der Waals surface area contributed by atoms with Crippen molar-refractivity contribution in [1.82, 2.24) is 9.55 Å². The van der Waals surface area contributed by atoms with Gasteiger partial charge >= 0.3 is 0 Å². The van der Waals surface area contributed by atoms with Crippen LogP contribution in [0.25, 0.3) is 11.0 Å². The highest BCUT2D eigenvalue weighted by molar-refractivity contribution is 5.81. The van der Waals surface area contributed by atoms with E-state index in [2.05, 4.69) is 41.6 Å². The Labute approximate surface area is 107 Å². The summed E-state index contributed by atoms with van der Waals surface area (Å²) < 4.78 is 7.66. The molecule has 0 aliphatic carbocycles. The third kappa shape index (κ3) is 1.60. The normalized spacial score (nSPS) is 19.2. The molecular formula is C14H19N3O. The molecule has 2 N–H and O–H groups in total. The van der Waals surface area contributed by atoms with Crippen LogP contribution in [0.2, 0.25) is 0 Å². The maximum absolute atomic E-state index is 6.15. The molecule has 1 aromatic carbocycles. The predicted octanol–water partition coefficient (Wildman–Crippen LogP) is 2.45. The Morgan fingerprint density at radius 3 is 2.78 bits per heavy atom. The number of anilines is 1. The first-order valence-corrected chi connectivity index (χ1v) is 6.44. The quantitative estimate of drug-likeness (QED) is 0.839. The maximum Gasteiger partial charge on any atom is 0.201 e. The summed E-state index contributed by atoms with van der Waals surface area (Å²) in [6.07, 6.45) is 1.97. The lowest BCUT2D eigenvalue weighted by Gasteiger charge is -2.36. The van der Waals surface area contributed by atoms with Crippen LogP contribution in [-0.4, -0.2) is 22.8 Å². The van der Waals surface area contributed by atoms with Gasteiger partial charge in [0.05, 0.1) is 11.0 Å². The molecule has 1 aliphatic rings. The molecule has 1 aromatic heterocycles. The third-order valence-electron chi connectivity index (χ3n) is 4.02. The van der Waals surface area contributed by atoms with Crippen LogP contribution in [0, 0.1) is 6.92 Å². The van der Waals surface area contributed by atoms with Gasteiger partial charge in [-0.15, -0.1) is 0 Å². The van der Waals surface area contributed by atoms with Crippen molar-refractivity contribution in [2.24, 2.45) is 0 Å². The molecule has 1 fully saturated rings. The summed E-state index contributed by atoms with van der Waals surface area (Å²) in [5.41, 5.74) is 9.50. The summed E-state index contributed by atoms with van der Waals surface area (Å²) in [4.78, 5) is 4.53. The highest BCUT2D eigenvalue weighted by atomic mass is 16.5. The van der Waals surface area contributed by atoms with Crippen molar-refractivity contribution >= 4 is 17.0 Å². The van der Waals surface area contributed by atoms with E-state index in [1.54, 1.807) is 0 Å². The van der Waals surface area contributed by atoms with E-state index in [1.807, 2.05) is 0 Å². The van der Waals surface area contributed by atoms with E-state index < -0.39 is 0 Å². The summed E-state index contributed by atoms with van der Waals surface area (Å²) in [5, 5.41) is 0. The van der Waals surface area contributed by atoms with Gasteiger partial charge in [-0.25, -0.2) is 4.98 Å². The van der Waals surface area contributed by atoms with Crippen molar-refractivity contribution in [1.29, 1.82) is 0 Å². The number of para-hydroxylation sites is 1. The lowest BCUT2D eigenvalue weighted by atomic mass is 9.92. The van der Waals surface area contributed by atoms with Crippen molar-refractivity contribution < 1.29 is 4.74 Å². The summed E-state index contributed by atoms with van der Waals surface area (Å²) in [6, 6.07) is 6.25. The number of benzene rings is 1. The third-order valence-corrected chi connectivity index (χ3v) is 4.02. The van der Waals surface area contributed by atoms with Gasteiger partial charge in [-0.05, 0) is 38.3 Å². The lowest BCUT2D eigenvalue weighted by Crippen LogP contribution is -2.37. The second-order valence-electron chi connectivity index (χ2n) is 5.36. The number of nitrogen functional groups attached to an aromatic ring is 1. The molecule has 1 saturated heterocycles. The largest absolute Gasteiger partial charge is 0.381 e. The van der Waals surface area contributed by atoms with Gasteiger partial charge in [-0.1, -0.05) is 12.1 Å². The van der Waals surface area contributed by atoms with Crippen molar-refractivity contribution in [3.8, 4) is 0 Å². The topological polar surface area (TPSA) is 53.1 Å². The fourth-order valence-corrected chi connectivity index (χ4v) is 2.86. The highest BCUT2D eigenvalue weighted by Gasteiger charge is 2.32. The van der Waals surface area contributed by atoms with Crippen LogP contribution in [-0.2, 0) is 10.3 Å². The average molecular weight is 245 g/mol. The number of nitrogens with zero attached hydrogens (tertiary/aromatic N) is 2. The molecule has 0 spiro atoms. The van der Waals surface area contributed by atoms with Crippen molar-refractivity contribution in [3.05, 3.63) is 23.8 Å². The number of hydrogen-bond acceptors (Lipinski definition) is 3. The first-order chi connectivity index (χ1) is 8.62. The molecule has 0 radical (unpaired) electrons. The van der Waals surface area contributed by atoms with Crippen LogP contribution in [0.1, 0.15) is 25.3 Å².